The Labute approximate surface area is 181 Å². The van der Waals surface area contributed by atoms with E-state index in [0.717, 1.165) is 53.6 Å². The van der Waals surface area contributed by atoms with Crippen LogP contribution in [0.25, 0.3) is 17.2 Å². The largest absolute Gasteiger partial charge is 0.496 e. The maximum Gasteiger partial charge on any atom is 0.290 e. The molecule has 0 radical (unpaired) electrons. The monoisotopic (exact) mass is 422 g/mol. The van der Waals surface area contributed by atoms with Gasteiger partial charge in [-0.1, -0.05) is 6.07 Å². The summed E-state index contributed by atoms with van der Waals surface area (Å²) < 4.78 is 5.65. The van der Waals surface area contributed by atoms with Crippen LogP contribution < -0.4 is 15.0 Å². The van der Waals surface area contributed by atoms with E-state index in [0.29, 0.717) is 10.9 Å². The first-order chi connectivity index (χ1) is 14.4. The van der Waals surface area contributed by atoms with Gasteiger partial charge in [0.05, 0.1) is 12.0 Å². The fraction of sp³-hybridized carbons (Fsp3) is 0.333. The molecule has 0 unspecified atom stereocenters. The van der Waals surface area contributed by atoms with Crippen LogP contribution in [-0.2, 0) is 11.2 Å². The number of hydrogen-bond acceptors (Lipinski definition) is 5. The van der Waals surface area contributed by atoms with E-state index in [-0.39, 0.29) is 11.1 Å². The number of thioether (sulfide) groups is 1. The van der Waals surface area contributed by atoms with E-state index in [1.165, 1.54) is 16.8 Å². The van der Waals surface area contributed by atoms with Gasteiger partial charge in [-0.2, -0.15) is 0 Å². The number of carbonyl (C=O) groups excluding carboxylic acids is 2. The molecule has 5 nitrogen and oxygen atoms in total. The van der Waals surface area contributed by atoms with Crippen molar-refractivity contribution in [3.63, 3.8) is 0 Å². The van der Waals surface area contributed by atoms with Crippen molar-refractivity contribution in [2.75, 3.05) is 18.6 Å². The molecule has 0 atom stereocenters. The number of aryl methyl sites for hydroxylation is 2. The quantitative estimate of drug-likeness (QED) is 0.690. The standard InChI is InChI=1S/C24H26N2O3S/c1-14(2)26-9-5-6-17-13-18(15(3)10-20(17)26)19-11-16(7-8-21(19)29-4)12-22-23(27)25-24(28)30-22/h7-8,10-14H,5-6,9H2,1-4H3,(H,25,27,28)/b22-12-. The normalized spacial score (nSPS) is 17.5. The van der Waals surface area contributed by atoms with Crippen LogP contribution in [0, 0.1) is 6.92 Å². The first-order valence-electron chi connectivity index (χ1n) is 10.2. The number of hydrogen-bond donors (Lipinski definition) is 1. The summed E-state index contributed by atoms with van der Waals surface area (Å²) in [6, 6.07) is 10.9. The fourth-order valence-electron chi connectivity index (χ4n) is 4.19. The number of carbonyl (C=O) groups is 2. The van der Waals surface area contributed by atoms with Gasteiger partial charge in [-0.3, -0.25) is 14.9 Å². The van der Waals surface area contributed by atoms with E-state index in [9.17, 15) is 9.59 Å². The molecule has 2 aliphatic rings. The van der Waals surface area contributed by atoms with E-state index in [4.69, 9.17) is 4.74 Å². The molecule has 156 valence electrons. The van der Waals surface area contributed by atoms with Crippen molar-refractivity contribution in [3.8, 4) is 16.9 Å². The summed E-state index contributed by atoms with van der Waals surface area (Å²) in [7, 11) is 1.67. The number of ether oxygens (including phenoxy) is 1. The minimum atomic E-state index is -0.346. The number of methoxy groups -OCH3 is 1. The zero-order valence-electron chi connectivity index (χ0n) is 17.7. The van der Waals surface area contributed by atoms with Crippen molar-refractivity contribution < 1.29 is 14.3 Å². The average molecular weight is 423 g/mol. The molecule has 0 aromatic heterocycles. The van der Waals surface area contributed by atoms with Gasteiger partial charge >= 0.3 is 0 Å². The van der Waals surface area contributed by atoms with Gasteiger partial charge < -0.3 is 9.64 Å². The summed E-state index contributed by atoms with van der Waals surface area (Å²) in [5, 5.41) is 1.97. The van der Waals surface area contributed by atoms with Gasteiger partial charge in [-0.25, -0.2) is 0 Å². The Morgan fingerprint density at radius 3 is 2.63 bits per heavy atom. The molecule has 2 amide bonds. The van der Waals surface area contributed by atoms with Crippen LogP contribution in [0.3, 0.4) is 0 Å². The molecular weight excluding hydrogens is 396 g/mol. The lowest BCUT2D eigenvalue weighted by atomic mass is 9.91. The molecule has 1 N–H and O–H groups in total. The Kier molecular flexibility index (Phi) is 5.60. The van der Waals surface area contributed by atoms with Crippen LogP contribution in [0.4, 0.5) is 10.5 Å². The summed E-state index contributed by atoms with van der Waals surface area (Å²) in [6.45, 7) is 7.70. The van der Waals surface area contributed by atoms with Gasteiger partial charge in [0.2, 0.25) is 0 Å². The van der Waals surface area contributed by atoms with Crippen LogP contribution in [0.1, 0.15) is 37.0 Å². The molecule has 2 aliphatic heterocycles. The molecule has 0 saturated carbocycles. The summed E-state index contributed by atoms with van der Waals surface area (Å²) >= 11 is 0.930. The number of nitrogens with zero attached hydrogens (tertiary/aromatic N) is 1. The van der Waals surface area contributed by atoms with Gasteiger partial charge in [0.1, 0.15) is 5.75 Å². The molecule has 4 rings (SSSR count). The molecule has 2 aromatic carbocycles. The van der Waals surface area contributed by atoms with Crippen LogP contribution >= 0.6 is 11.8 Å². The molecule has 0 aliphatic carbocycles. The Morgan fingerprint density at radius 2 is 1.97 bits per heavy atom. The van der Waals surface area contributed by atoms with Gasteiger partial charge in [-0.05, 0) is 98.0 Å². The average Bonchev–Trinajstić information content (AvgIpc) is 3.03. The molecular formula is C24H26N2O3S. The number of imide groups is 1. The molecule has 0 bridgehead atoms. The highest BCUT2D eigenvalue weighted by atomic mass is 32.2. The summed E-state index contributed by atoms with van der Waals surface area (Å²) in [6.07, 6.45) is 3.97. The molecule has 1 saturated heterocycles. The third-order valence-corrected chi connectivity index (χ3v) is 6.47. The molecule has 2 aromatic rings. The van der Waals surface area contributed by atoms with Gasteiger partial charge in [0.15, 0.2) is 0 Å². The Balaban J connectivity index is 1.79. The SMILES string of the molecule is COc1ccc(/C=C2\SC(=O)NC2=O)cc1-c1cc2c(cc1C)N(C(C)C)CCC2. The topological polar surface area (TPSA) is 58.6 Å². The summed E-state index contributed by atoms with van der Waals surface area (Å²) in [4.78, 5) is 26.3. The lowest BCUT2D eigenvalue weighted by Crippen LogP contribution is -2.35. The van der Waals surface area contributed by atoms with Crippen molar-refractivity contribution in [2.45, 2.75) is 39.7 Å². The molecule has 0 spiro atoms. The molecule has 2 heterocycles. The first-order valence-corrected chi connectivity index (χ1v) is 11.0. The van der Waals surface area contributed by atoms with Crippen molar-refractivity contribution in [1.29, 1.82) is 0 Å². The highest BCUT2D eigenvalue weighted by Crippen LogP contribution is 2.39. The molecule has 1 fully saturated rings. The number of anilines is 1. The van der Waals surface area contributed by atoms with Crippen molar-refractivity contribution in [2.24, 2.45) is 0 Å². The highest BCUT2D eigenvalue weighted by Gasteiger charge is 2.25. The number of nitrogens with one attached hydrogen (secondary N) is 1. The van der Waals surface area contributed by atoms with Crippen LogP contribution in [0.15, 0.2) is 35.2 Å². The lowest BCUT2D eigenvalue weighted by molar-refractivity contribution is -0.115. The highest BCUT2D eigenvalue weighted by molar-refractivity contribution is 8.18. The molecule has 30 heavy (non-hydrogen) atoms. The second-order valence-corrected chi connectivity index (χ2v) is 9.01. The lowest BCUT2D eigenvalue weighted by Gasteiger charge is -2.35. The second kappa shape index (κ2) is 8.19. The Morgan fingerprint density at radius 1 is 1.17 bits per heavy atom. The predicted octanol–water partition coefficient (Wildman–Crippen LogP) is 5.16. The van der Waals surface area contributed by atoms with Crippen LogP contribution in [0.2, 0.25) is 0 Å². The summed E-state index contributed by atoms with van der Waals surface area (Å²) in [5.74, 6) is 0.442. The van der Waals surface area contributed by atoms with Crippen molar-refractivity contribution in [3.05, 3.63) is 51.9 Å². The third kappa shape index (κ3) is 3.84. The molecule has 6 heteroatoms. The van der Waals surface area contributed by atoms with Crippen LogP contribution in [-0.4, -0.2) is 30.8 Å². The number of fused-ring (bicyclic) bond motifs is 1. The minimum absolute atomic E-state index is 0.333. The Hall–Kier alpha value is -2.73. The van der Waals surface area contributed by atoms with Gasteiger partial charge in [-0.15, -0.1) is 0 Å². The Bertz CT molecular complexity index is 1060. The maximum absolute atomic E-state index is 11.9. The van der Waals surface area contributed by atoms with E-state index < -0.39 is 0 Å². The third-order valence-electron chi connectivity index (χ3n) is 5.66. The van der Waals surface area contributed by atoms with Crippen molar-refractivity contribution in [1.82, 2.24) is 5.32 Å². The maximum atomic E-state index is 11.9. The number of benzene rings is 2. The summed E-state index contributed by atoms with van der Waals surface area (Å²) in [5.41, 5.74) is 6.86. The van der Waals surface area contributed by atoms with E-state index in [1.807, 2.05) is 18.2 Å². The second-order valence-electron chi connectivity index (χ2n) is 8.00. The van der Waals surface area contributed by atoms with E-state index in [2.05, 4.69) is 43.1 Å². The first kappa shape index (κ1) is 20.5. The smallest absolute Gasteiger partial charge is 0.290 e. The predicted molar refractivity (Wildman–Crippen MR) is 123 cm³/mol. The zero-order chi connectivity index (χ0) is 21.4. The number of amides is 2. The van der Waals surface area contributed by atoms with Crippen molar-refractivity contribution >= 4 is 34.7 Å². The minimum Gasteiger partial charge on any atom is -0.496 e. The van der Waals surface area contributed by atoms with Crippen LogP contribution in [0.5, 0.6) is 5.75 Å². The zero-order valence-corrected chi connectivity index (χ0v) is 18.6. The van der Waals surface area contributed by atoms with E-state index in [1.54, 1.807) is 13.2 Å². The van der Waals surface area contributed by atoms with E-state index >= 15 is 0 Å². The van der Waals surface area contributed by atoms with Gasteiger partial charge in [0, 0.05) is 23.8 Å². The van der Waals surface area contributed by atoms with Gasteiger partial charge in [0.25, 0.3) is 11.1 Å². The fourth-order valence-corrected chi connectivity index (χ4v) is 4.87. The number of rotatable bonds is 4.